The Morgan fingerprint density at radius 2 is 1.91 bits per heavy atom. The topological polar surface area (TPSA) is 81.2 Å². The van der Waals surface area contributed by atoms with Gasteiger partial charge in [-0.05, 0) is 32.4 Å². The van der Waals surface area contributed by atoms with Crippen molar-refractivity contribution in [3.8, 4) is 0 Å². The van der Waals surface area contributed by atoms with E-state index in [1.54, 1.807) is 6.92 Å². The number of hydrogen-bond donors (Lipinski definition) is 1. The highest BCUT2D eigenvalue weighted by molar-refractivity contribution is 5.95. The molecule has 0 bridgehead atoms. The van der Waals surface area contributed by atoms with E-state index in [1.165, 1.54) is 12.4 Å². The molecule has 22 heavy (non-hydrogen) atoms. The van der Waals surface area contributed by atoms with Crippen LogP contribution in [0.2, 0.25) is 0 Å². The number of esters is 1. The smallest absolute Gasteiger partial charge is 0.359 e. The third kappa shape index (κ3) is 4.12. The maximum absolute atomic E-state index is 11.8. The zero-order valence-electron chi connectivity index (χ0n) is 12.7. The number of aromatic nitrogens is 2. The molecule has 1 N–H and O–H groups in total. The van der Waals surface area contributed by atoms with Crippen molar-refractivity contribution < 1.29 is 14.3 Å². The van der Waals surface area contributed by atoms with Gasteiger partial charge in [-0.1, -0.05) is 17.7 Å². The molecule has 1 amide bonds. The molecule has 0 spiro atoms. The molecule has 0 atom stereocenters. The summed E-state index contributed by atoms with van der Waals surface area (Å²) in [6, 6.07) is 5.68. The third-order valence-electron chi connectivity index (χ3n) is 2.98. The van der Waals surface area contributed by atoms with Gasteiger partial charge in [-0.15, -0.1) is 0 Å². The van der Waals surface area contributed by atoms with Gasteiger partial charge in [0, 0.05) is 11.9 Å². The normalized spacial score (nSPS) is 10.1. The van der Waals surface area contributed by atoms with Crippen molar-refractivity contribution in [3.63, 3.8) is 0 Å². The third-order valence-corrected chi connectivity index (χ3v) is 2.98. The van der Waals surface area contributed by atoms with Gasteiger partial charge in [-0.25, -0.2) is 9.78 Å². The summed E-state index contributed by atoms with van der Waals surface area (Å²) in [7, 11) is 0. The summed E-state index contributed by atoms with van der Waals surface area (Å²) in [6.45, 7) is 5.26. The van der Waals surface area contributed by atoms with Crippen molar-refractivity contribution in [1.82, 2.24) is 9.97 Å². The summed E-state index contributed by atoms with van der Waals surface area (Å²) in [5.41, 5.74) is 3.53. The Labute approximate surface area is 128 Å². The Balaban J connectivity index is 1.89. The van der Waals surface area contributed by atoms with Crippen LogP contribution in [0.15, 0.2) is 30.6 Å². The quantitative estimate of drug-likeness (QED) is 0.875. The molecule has 2 rings (SSSR count). The van der Waals surface area contributed by atoms with Crippen molar-refractivity contribution >= 4 is 17.6 Å². The zero-order chi connectivity index (χ0) is 16.1. The molecule has 1 aromatic carbocycles. The SMILES string of the molecule is Cc1ccc(NC(=O)COC(=O)c2cnc(C)cn2)c(C)c1. The molecule has 0 aliphatic carbocycles. The number of benzene rings is 1. The van der Waals surface area contributed by atoms with Gasteiger partial charge in [0.05, 0.1) is 11.9 Å². The van der Waals surface area contributed by atoms with E-state index in [4.69, 9.17) is 4.74 Å². The Kier molecular flexibility index (Phi) is 4.83. The number of rotatable bonds is 4. The van der Waals surface area contributed by atoms with Crippen molar-refractivity contribution in [3.05, 3.63) is 53.1 Å². The number of anilines is 1. The van der Waals surface area contributed by atoms with Gasteiger partial charge in [0.25, 0.3) is 5.91 Å². The fourth-order valence-corrected chi connectivity index (χ4v) is 1.84. The number of carbonyl (C=O) groups excluding carboxylic acids is 2. The minimum atomic E-state index is -0.678. The zero-order valence-corrected chi connectivity index (χ0v) is 12.7. The summed E-state index contributed by atoms with van der Waals surface area (Å²) in [6.07, 6.45) is 2.78. The second-order valence-corrected chi connectivity index (χ2v) is 4.99. The molecule has 0 saturated heterocycles. The molecule has 1 heterocycles. The van der Waals surface area contributed by atoms with E-state index in [2.05, 4.69) is 15.3 Å². The van der Waals surface area contributed by atoms with E-state index in [0.717, 1.165) is 11.1 Å². The molecule has 1 aromatic heterocycles. The van der Waals surface area contributed by atoms with Crippen LogP contribution in [0.3, 0.4) is 0 Å². The average molecular weight is 299 g/mol. The maximum Gasteiger partial charge on any atom is 0.359 e. The molecule has 6 nitrogen and oxygen atoms in total. The lowest BCUT2D eigenvalue weighted by Gasteiger charge is -2.09. The lowest BCUT2D eigenvalue weighted by Crippen LogP contribution is -2.21. The molecule has 0 aliphatic heterocycles. The Morgan fingerprint density at radius 3 is 2.55 bits per heavy atom. The van der Waals surface area contributed by atoms with E-state index in [1.807, 2.05) is 32.0 Å². The van der Waals surface area contributed by atoms with E-state index in [0.29, 0.717) is 11.4 Å². The van der Waals surface area contributed by atoms with Crippen molar-refractivity contribution in [2.24, 2.45) is 0 Å². The van der Waals surface area contributed by atoms with Crippen LogP contribution in [0.5, 0.6) is 0 Å². The Morgan fingerprint density at radius 1 is 1.14 bits per heavy atom. The van der Waals surface area contributed by atoms with E-state index in [-0.39, 0.29) is 12.3 Å². The first-order valence-corrected chi connectivity index (χ1v) is 6.78. The van der Waals surface area contributed by atoms with E-state index >= 15 is 0 Å². The van der Waals surface area contributed by atoms with Crippen LogP contribution in [0.1, 0.15) is 27.3 Å². The van der Waals surface area contributed by atoms with Gasteiger partial charge < -0.3 is 10.1 Å². The predicted octanol–water partition coefficient (Wildman–Crippen LogP) is 2.20. The van der Waals surface area contributed by atoms with Crippen molar-refractivity contribution in [2.45, 2.75) is 20.8 Å². The van der Waals surface area contributed by atoms with Gasteiger partial charge in [0.2, 0.25) is 0 Å². The van der Waals surface area contributed by atoms with Crippen LogP contribution in [0, 0.1) is 20.8 Å². The van der Waals surface area contributed by atoms with Gasteiger partial charge in [0.15, 0.2) is 12.3 Å². The van der Waals surface area contributed by atoms with Crippen LogP contribution >= 0.6 is 0 Å². The van der Waals surface area contributed by atoms with Gasteiger partial charge in [0.1, 0.15) is 0 Å². The fourth-order valence-electron chi connectivity index (χ4n) is 1.84. The van der Waals surface area contributed by atoms with Crippen LogP contribution in [-0.2, 0) is 9.53 Å². The number of nitrogens with one attached hydrogen (secondary N) is 1. The van der Waals surface area contributed by atoms with E-state index in [9.17, 15) is 9.59 Å². The number of ether oxygens (including phenoxy) is 1. The molecule has 0 fully saturated rings. The van der Waals surface area contributed by atoms with Gasteiger partial charge >= 0.3 is 5.97 Å². The summed E-state index contributed by atoms with van der Waals surface area (Å²) >= 11 is 0. The first kappa shape index (κ1) is 15.6. The maximum atomic E-state index is 11.8. The number of amides is 1. The summed E-state index contributed by atoms with van der Waals surface area (Å²) < 4.78 is 4.91. The number of hydrogen-bond acceptors (Lipinski definition) is 5. The van der Waals surface area contributed by atoms with Crippen molar-refractivity contribution in [2.75, 3.05) is 11.9 Å². The monoisotopic (exact) mass is 299 g/mol. The molecule has 0 saturated carbocycles. The largest absolute Gasteiger partial charge is 0.451 e. The van der Waals surface area contributed by atoms with Crippen LogP contribution in [-0.4, -0.2) is 28.5 Å². The lowest BCUT2D eigenvalue weighted by atomic mass is 10.1. The van der Waals surface area contributed by atoms with Gasteiger partial charge in [-0.2, -0.15) is 0 Å². The molecule has 6 heteroatoms. The van der Waals surface area contributed by atoms with Crippen molar-refractivity contribution in [1.29, 1.82) is 0 Å². The number of aryl methyl sites for hydroxylation is 3. The first-order valence-electron chi connectivity index (χ1n) is 6.78. The molecular formula is C16H17N3O3. The molecule has 0 radical (unpaired) electrons. The summed E-state index contributed by atoms with van der Waals surface area (Å²) in [4.78, 5) is 31.4. The van der Waals surface area contributed by atoms with Gasteiger partial charge in [-0.3, -0.25) is 9.78 Å². The molecule has 114 valence electrons. The standard InChI is InChI=1S/C16H17N3O3/c1-10-4-5-13(11(2)6-10)19-15(20)9-22-16(21)14-8-17-12(3)7-18-14/h4-8H,9H2,1-3H3,(H,19,20). The number of carbonyl (C=O) groups is 2. The second kappa shape index (κ2) is 6.80. The Hall–Kier alpha value is -2.76. The average Bonchev–Trinajstić information content (AvgIpc) is 2.48. The molecular weight excluding hydrogens is 282 g/mol. The predicted molar refractivity (Wildman–Crippen MR) is 81.6 cm³/mol. The summed E-state index contributed by atoms with van der Waals surface area (Å²) in [5, 5.41) is 2.70. The molecule has 2 aromatic rings. The van der Waals surface area contributed by atoms with Crippen LogP contribution in [0.4, 0.5) is 5.69 Å². The van der Waals surface area contributed by atoms with Crippen LogP contribution < -0.4 is 5.32 Å². The van der Waals surface area contributed by atoms with E-state index < -0.39 is 11.9 Å². The highest BCUT2D eigenvalue weighted by Gasteiger charge is 2.12. The van der Waals surface area contributed by atoms with Crippen LogP contribution in [0.25, 0.3) is 0 Å². The molecule has 0 aliphatic rings. The minimum absolute atomic E-state index is 0.0740. The molecule has 0 unspecified atom stereocenters. The second-order valence-electron chi connectivity index (χ2n) is 4.99. The highest BCUT2D eigenvalue weighted by atomic mass is 16.5. The lowest BCUT2D eigenvalue weighted by molar-refractivity contribution is -0.119. The minimum Gasteiger partial charge on any atom is -0.451 e. The highest BCUT2D eigenvalue weighted by Crippen LogP contribution is 2.15. The first-order chi connectivity index (χ1) is 10.5. The summed E-state index contributed by atoms with van der Waals surface area (Å²) in [5.74, 6) is -1.08. The number of nitrogens with zero attached hydrogens (tertiary/aromatic N) is 2. The fraction of sp³-hybridized carbons (Fsp3) is 0.250. The Bertz CT molecular complexity index is 696.